The molecule has 52 valence electrons. The van der Waals surface area contributed by atoms with Gasteiger partial charge in [0.2, 0.25) is 0 Å². The summed E-state index contributed by atoms with van der Waals surface area (Å²) in [5.41, 5.74) is 0. The predicted molar refractivity (Wildman–Crippen MR) is 36.9 cm³/mol. The number of hydrogen-bond acceptors (Lipinski definition) is 1. The summed E-state index contributed by atoms with van der Waals surface area (Å²) in [6.07, 6.45) is 2.79. The second-order valence-corrected chi connectivity index (χ2v) is 2.64. The fourth-order valence-electron chi connectivity index (χ4n) is 0.272. The van der Waals surface area contributed by atoms with Crippen molar-refractivity contribution in [3.05, 3.63) is 12.2 Å². The largest absolute Gasteiger partial charge is 0.478 e. The number of rotatable bonds is 3. The van der Waals surface area contributed by atoms with Gasteiger partial charge in [0.05, 0.1) is 0 Å². The summed E-state index contributed by atoms with van der Waals surface area (Å²) in [6.45, 7) is 0. The minimum atomic E-state index is -0.982. The van der Waals surface area contributed by atoms with Gasteiger partial charge in [-0.1, -0.05) is 6.08 Å². The molecule has 0 saturated heterocycles. The number of aliphatic carboxylic acids is 1. The molecule has 2 nitrogen and oxygen atoms in total. The molecule has 0 atom stereocenters. The number of allylic oxidation sites excluding steroid dienone is 1. The van der Waals surface area contributed by atoms with Crippen molar-refractivity contribution < 1.29 is 9.90 Å². The second-order valence-electron chi connectivity index (χ2n) is 1.37. The first-order valence-corrected chi connectivity index (χ1v) is 3.18. The molecule has 0 spiro atoms. The Morgan fingerprint density at radius 1 is 1.67 bits per heavy atom. The topological polar surface area (TPSA) is 37.3 Å². The van der Waals surface area contributed by atoms with Crippen molar-refractivity contribution in [3.8, 4) is 0 Å². The number of carboxylic acid groups (broad SMARTS) is 1. The number of carbonyl (C=O) groups is 1. The molecular weight excluding hydrogens is 163 g/mol. The third-order valence-electron chi connectivity index (χ3n) is 0.575. The van der Waals surface area contributed by atoms with E-state index in [0.717, 1.165) is 6.08 Å². The Kier molecular flexibility index (Phi) is 4.54. The molecule has 0 bridgehead atoms. The Morgan fingerprint density at radius 3 is 2.56 bits per heavy atom. The maximum Gasteiger partial charge on any atom is 0.327 e. The van der Waals surface area contributed by atoms with E-state index in [0.29, 0.717) is 6.42 Å². The molecule has 0 fully saturated rings. The number of carboxylic acids is 1. The van der Waals surface area contributed by atoms with Crippen LogP contribution in [0.15, 0.2) is 12.2 Å². The molecule has 0 heterocycles. The standard InChI is InChI=1S/C5H6Cl2O2/c6-4(7)2-1-3-5(8)9/h1,3-4H,2H2,(H,8,9). The normalized spacial score (nSPS) is 11.0. The maximum atomic E-state index is 9.81. The highest BCUT2D eigenvalue weighted by atomic mass is 35.5. The first-order valence-electron chi connectivity index (χ1n) is 2.30. The van der Waals surface area contributed by atoms with E-state index in [1.165, 1.54) is 6.08 Å². The van der Waals surface area contributed by atoms with Gasteiger partial charge in [-0.2, -0.15) is 0 Å². The van der Waals surface area contributed by atoms with Crippen LogP contribution in [0.3, 0.4) is 0 Å². The first-order chi connectivity index (χ1) is 4.13. The number of alkyl halides is 2. The first kappa shape index (κ1) is 8.79. The summed E-state index contributed by atoms with van der Waals surface area (Å²) >= 11 is 10.6. The maximum absolute atomic E-state index is 9.81. The fourth-order valence-corrected chi connectivity index (χ4v) is 0.477. The van der Waals surface area contributed by atoms with Crippen LogP contribution in [0.5, 0.6) is 0 Å². The summed E-state index contributed by atoms with van der Waals surface area (Å²) in [7, 11) is 0. The van der Waals surface area contributed by atoms with Crippen LogP contribution in [0.2, 0.25) is 0 Å². The van der Waals surface area contributed by atoms with Crippen LogP contribution in [0.4, 0.5) is 0 Å². The van der Waals surface area contributed by atoms with Crippen molar-refractivity contribution >= 4 is 29.2 Å². The molecule has 1 N–H and O–H groups in total. The molecule has 0 aromatic carbocycles. The summed E-state index contributed by atoms with van der Waals surface area (Å²) in [5.74, 6) is -0.982. The van der Waals surface area contributed by atoms with Crippen LogP contribution in [0, 0.1) is 0 Å². The van der Waals surface area contributed by atoms with Crippen molar-refractivity contribution in [3.63, 3.8) is 0 Å². The third-order valence-corrected chi connectivity index (χ3v) is 0.931. The van der Waals surface area contributed by atoms with Gasteiger partial charge in [-0.05, 0) is 6.42 Å². The summed E-state index contributed by atoms with van der Waals surface area (Å²) in [4.78, 5) is 9.29. The summed E-state index contributed by atoms with van der Waals surface area (Å²) in [5, 5.41) is 8.05. The number of hydrogen-bond donors (Lipinski definition) is 1. The average molecular weight is 169 g/mol. The van der Waals surface area contributed by atoms with Gasteiger partial charge in [0, 0.05) is 6.08 Å². The van der Waals surface area contributed by atoms with E-state index in [9.17, 15) is 4.79 Å². The molecule has 4 heteroatoms. The van der Waals surface area contributed by atoms with Crippen molar-refractivity contribution in [1.29, 1.82) is 0 Å². The Hall–Kier alpha value is -0.210. The lowest BCUT2D eigenvalue weighted by Gasteiger charge is -1.89. The number of halogens is 2. The Bertz CT molecular complexity index is 120. The Morgan fingerprint density at radius 2 is 2.22 bits per heavy atom. The van der Waals surface area contributed by atoms with Crippen LogP contribution < -0.4 is 0 Å². The van der Waals surface area contributed by atoms with E-state index in [1.807, 2.05) is 0 Å². The van der Waals surface area contributed by atoms with Gasteiger partial charge in [-0.15, -0.1) is 23.2 Å². The quantitative estimate of drug-likeness (QED) is 0.516. The lowest BCUT2D eigenvalue weighted by molar-refractivity contribution is -0.131. The van der Waals surface area contributed by atoms with Gasteiger partial charge in [-0.3, -0.25) is 0 Å². The van der Waals surface area contributed by atoms with E-state index in [4.69, 9.17) is 28.3 Å². The molecule has 0 saturated carbocycles. The van der Waals surface area contributed by atoms with Crippen molar-refractivity contribution in [2.75, 3.05) is 0 Å². The van der Waals surface area contributed by atoms with Gasteiger partial charge in [0.1, 0.15) is 4.84 Å². The third kappa shape index (κ3) is 7.79. The molecule has 0 aliphatic rings. The zero-order valence-electron chi connectivity index (χ0n) is 4.55. The molecule has 0 unspecified atom stereocenters. The zero-order chi connectivity index (χ0) is 7.28. The Balaban J connectivity index is 3.36. The van der Waals surface area contributed by atoms with Crippen LogP contribution in [0.25, 0.3) is 0 Å². The summed E-state index contributed by atoms with van der Waals surface area (Å²) in [6, 6.07) is 0. The molecule has 0 aliphatic heterocycles. The van der Waals surface area contributed by atoms with Gasteiger partial charge in [0.15, 0.2) is 0 Å². The van der Waals surface area contributed by atoms with Crippen molar-refractivity contribution in [1.82, 2.24) is 0 Å². The van der Waals surface area contributed by atoms with Gasteiger partial charge >= 0.3 is 5.97 Å². The van der Waals surface area contributed by atoms with E-state index >= 15 is 0 Å². The van der Waals surface area contributed by atoms with E-state index in [-0.39, 0.29) is 0 Å². The Labute approximate surface area is 63.1 Å². The minimum absolute atomic E-state index is 0.370. The second kappa shape index (κ2) is 4.65. The average Bonchev–Trinajstić information content (AvgIpc) is 1.63. The summed E-state index contributed by atoms with van der Waals surface area (Å²) < 4.78 is 0. The van der Waals surface area contributed by atoms with Crippen molar-refractivity contribution in [2.24, 2.45) is 0 Å². The molecule has 0 aromatic heterocycles. The fraction of sp³-hybridized carbons (Fsp3) is 0.400. The van der Waals surface area contributed by atoms with E-state index in [2.05, 4.69) is 0 Å². The SMILES string of the molecule is O=C(O)C=CCC(Cl)Cl. The lowest BCUT2D eigenvalue weighted by atomic mass is 10.4. The lowest BCUT2D eigenvalue weighted by Crippen LogP contribution is -1.87. The molecule has 0 rings (SSSR count). The van der Waals surface area contributed by atoms with Gasteiger partial charge < -0.3 is 5.11 Å². The predicted octanol–water partition coefficient (Wildman–Crippen LogP) is 1.82. The van der Waals surface area contributed by atoms with Crippen molar-refractivity contribution in [2.45, 2.75) is 11.3 Å². The van der Waals surface area contributed by atoms with Gasteiger partial charge in [0.25, 0.3) is 0 Å². The minimum Gasteiger partial charge on any atom is -0.478 e. The van der Waals surface area contributed by atoms with Crippen LogP contribution in [0.1, 0.15) is 6.42 Å². The molecule has 9 heavy (non-hydrogen) atoms. The van der Waals surface area contributed by atoms with E-state index < -0.39 is 10.8 Å². The molecular formula is C5H6Cl2O2. The smallest absolute Gasteiger partial charge is 0.327 e. The van der Waals surface area contributed by atoms with Crippen LogP contribution in [-0.2, 0) is 4.79 Å². The van der Waals surface area contributed by atoms with Crippen LogP contribution in [-0.4, -0.2) is 15.9 Å². The zero-order valence-corrected chi connectivity index (χ0v) is 6.06. The highest BCUT2D eigenvalue weighted by Gasteiger charge is 1.93. The van der Waals surface area contributed by atoms with Gasteiger partial charge in [-0.25, -0.2) is 4.79 Å². The molecule has 0 aromatic rings. The highest BCUT2D eigenvalue weighted by molar-refractivity contribution is 6.44. The highest BCUT2D eigenvalue weighted by Crippen LogP contribution is 2.06. The monoisotopic (exact) mass is 168 g/mol. The molecule has 0 aliphatic carbocycles. The molecule has 0 radical (unpaired) electrons. The van der Waals surface area contributed by atoms with Crippen LogP contribution >= 0.6 is 23.2 Å². The molecule has 0 amide bonds. The van der Waals surface area contributed by atoms with E-state index in [1.54, 1.807) is 0 Å².